The van der Waals surface area contributed by atoms with Crippen LogP contribution in [-0.2, 0) is 0 Å². The first-order valence-electron chi connectivity index (χ1n) is 6.35. The SMILES string of the molecule is Cc1ccc(C(=O)Nc2nnc(C3CC3)s2)c(C)c1. The van der Waals surface area contributed by atoms with Gasteiger partial charge in [0, 0.05) is 11.5 Å². The summed E-state index contributed by atoms with van der Waals surface area (Å²) in [6.07, 6.45) is 2.39. The second kappa shape index (κ2) is 4.74. The number of carbonyl (C=O) groups is 1. The van der Waals surface area contributed by atoms with E-state index in [1.165, 1.54) is 24.2 Å². The molecule has 1 aliphatic carbocycles. The van der Waals surface area contributed by atoms with E-state index in [2.05, 4.69) is 15.5 Å². The minimum absolute atomic E-state index is 0.115. The molecule has 5 heteroatoms. The van der Waals surface area contributed by atoms with E-state index in [1.807, 2.05) is 32.0 Å². The lowest BCUT2D eigenvalue weighted by Crippen LogP contribution is -2.13. The number of aromatic nitrogens is 2. The predicted octanol–water partition coefficient (Wildman–Crippen LogP) is 3.28. The van der Waals surface area contributed by atoms with Crippen molar-refractivity contribution in [1.29, 1.82) is 0 Å². The van der Waals surface area contributed by atoms with E-state index in [4.69, 9.17) is 0 Å². The summed E-state index contributed by atoms with van der Waals surface area (Å²) in [6, 6.07) is 5.80. The van der Waals surface area contributed by atoms with E-state index in [0.29, 0.717) is 16.6 Å². The zero-order valence-electron chi connectivity index (χ0n) is 10.9. The lowest BCUT2D eigenvalue weighted by molar-refractivity contribution is 0.102. The Morgan fingerprint density at radius 3 is 2.79 bits per heavy atom. The molecule has 1 aliphatic rings. The summed E-state index contributed by atoms with van der Waals surface area (Å²) in [4.78, 5) is 12.2. The van der Waals surface area contributed by atoms with Crippen LogP contribution < -0.4 is 5.32 Å². The van der Waals surface area contributed by atoms with E-state index in [1.54, 1.807) is 0 Å². The molecule has 1 N–H and O–H groups in total. The van der Waals surface area contributed by atoms with Crippen molar-refractivity contribution in [3.63, 3.8) is 0 Å². The molecule has 0 bridgehead atoms. The lowest BCUT2D eigenvalue weighted by Gasteiger charge is -2.05. The first-order valence-corrected chi connectivity index (χ1v) is 7.17. The van der Waals surface area contributed by atoms with Gasteiger partial charge in [-0.05, 0) is 38.3 Å². The highest BCUT2D eigenvalue weighted by Crippen LogP contribution is 2.42. The van der Waals surface area contributed by atoms with Crippen LogP contribution in [0.3, 0.4) is 0 Å². The van der Waals surface area contributed by atoms with E-state index < -0.39 is 0 Å². The van der Waals surface area contributed by atoms with Gasteiger partial charge in [0.1, 0.15) is 5.01 Å². The van der Waals surface area contributed by atoms with Crippen LogP contribution in [0.2, 0.25) is 0 Å². The summed E-state index contributed by atoms with van der Waals surface area (Å²) >= 11 is 1.48. The van der Waals surface area contributed by atoms with Gasteiger partial charge in [0.15, 0.2) is 0 Å². The minimum atomic E-state index is -0.115. The summed E-state index contributed by atoms with van der Waals surface area (Å²) in [6.45, 7) is 3.96. The van der Waals surface area contributed by atoms with E-state index in [9.17, 15) is 4.79 Å². The van der Waals surface area contributed by atoms with Crippen molar-refractivity contribution in [3.05, 3.63) is 39.9 Å². The molecule has 4 nitrogen and oxygen atoms in total. The van der Waals surface area contributed by atoms with Gasteiger partial charge >= 0.3 is 0 Å². The van der Waals surface area contributed by atoms with Crippen molar-refractivity contribution < 1.29 is 4.79 Å². The Balaban J connectivity index is 1.76. The third-order valence-electron chi connectivity index (χ3n) is 3.21. The maximum atomic E-state index is 12.2. The Bertz CT molecular complexity index is 631. The van der Waals surface area contributed by atoms with Crippen LogP contribution in [-0.4, -0.2) is 16.1 Å². The smallest absolute Gasteiger partial charge is 0.257 e. The first-order chi connectivity index (χ1) is 9.13. The zero-order chi connectivity index (χ0) is 13.4. The number of nitrogens with one attached hydrogen (secondary N) is 1. The largest absolute Gasteiger partial charge is 0.296 e. The van der Waals surface area contributed by atoms with Crippen molar-refractivity contribution in [2.24, 2.45) is 0 Å². The van der Waals surface area contributed by atoms with Crippen LogP contribution in [0.4, 0.5) is 5.13 Å². The number of aryl methyl sites for hydroxylation is 2. The highest BCUT2D eigenvalue weighted by atomic mass is 32.1. The standard InChI is InChI=1S/C14H15N3OS/c1-8-3-6-11(9(2)7-8)12(18)15-14-17-16-13(19-14)10-4-5-10/h3,6-7,10H,4-5H2,1-2H3,(H,15,17,18). The monoisotopic (exact) mass is 273 g/mol. The Hall–Kier alpha value is -1.75. The third kappa shape index (κ3) is 2.66. The summed E-state index contributed by atoms with van der Waals surface area (Å²) in [7, 11) is 0. The molecule has 1 heterocycles. The molecule has 2 aromatic rings. The second-order valence-electron chi connectivity index (χ2n) is 4.99. The van der Waals surface area contributed by atoms with Crippen LogP contribution in [0.15, 0.2) is 18.2 Å². The summed E-state index contributed by atoms with van der Waals surface area (Å²) in [5, 5.41) is 12.6. The molecule has 0 spiro atoms. The van der Waals surface area contributed by atoms with Crippen LogP contribution in [0.1, 0.15) is 45.3 Å². The topological polar surface area (TPSA) is 54.9 Å². The molecule has 98 valence electrons. The number of nitrogens with zero attached hydrogens (tertiary/aromatic N) is 2. The second-order valence-corrected chi connectivity index (χ2v) is 6.00. The summed E-state index contributed by atoms with van der Waals surface area (Å²) in [5.41, 5.74) is 2.82. The molecule has 0 aliphatic heterocycles. The van der Waals surface area contributed by atoms with Gasteiger partial charge in [-0.1, -0.05) is 29.0 Å². The van der Waals surface area contributed by atoms with Gasteiger partial charge in [0.2, 0.25) is 5.13 Å². The highest BCUT2D eigenvalue weighted by Gasteiger charge is 2.27. The van der Waals surface area contributed by atoms with Crippen molar-refractivity contribution in [2.75, 3.05) is 5.32 Å². The van der Waals surface area contributed by atoms with Crippen LogP contribution in [0, 0.1) is 13.8 Å². The maximum absolute atomic E-state index is 12.2. The van der Waals surface area contributed by atoms with Gasteiger partial charge < -0.3 is 0 Å². The fraction of sp³-hybridized carbons (Fsp3) is 0.357. The van der Waals surface area contributed by atoms with Crippen LogP contribution >= 0.6 is 11.3 Å². The highest BCUT2D eigenvalue weighted by molar-refractivity contribution is 7.15. The van der Waals surface area contributed by atoms with Crippen molar-refractivity contribution >= 4 is 22.4 Å². The molecular formula is C14H15N3OS. The molecule has 0 atom stereocenters. The van der Waals surface area contributed by atoms with E-state index in [0.717, 1.165) is 16.1 Å². The molecule has 1 amide bonds. The number of amides is 1. The summed E-state index contributed by atoms with van der Waals surface area (Å²) in [5.74, 6) is 0.459. The van der Waals surface area contributed by atoms with Gasteiger partial charge in [-0.3, -0.25) is 10.1 Å². The van der Waals surface area contributed by atoms with Gasteiger partial charge in [0.05, 0.1) is 0 Å². The zero-order valence-corrected chi connectivity index (χ0v) is 11.8. The number of hydrogen-bond acceptors (Lipinski definition) is 4. The third-order valence-corrected chi connectivity index (χ3v) is 4.22. The molecule has 3 rings (SSSR count). The van der Waals surface area contributed by atoms with Crippen molar-refractivity contribution in [1.82, 2.24) is 10.2 Å². The molecule has 1 aromatic carbocycles. The summed E-state index contributed by atoms with van der Waals surface area (Å²) < 4.78 is 0. The normalized spacial score (nSPS) is 14.4. The average Bonchev–Trinajstić information content (AvgIpc) is 3.10. The molecule has 0 radical (unpaired) electrons. The fourth-order valence-electron chi connectivity index (χ4n) is 2.01. The van der Waals surface area contributed by atoms with Gasteiger partial charge in [-0.2, -0.15) is 0 Å². The molecule has 0 unspecified atom stereocenters. The number of carbonyl (C=O) groups excluding carboxylic acids is 1. The molecule has 1 saturated carbocycles. The molecule has 19 heavy (non-hydrogen) atoms. The van der Waals surface area contributed by atoms with Gasteiger partial charge in [-0.25, -0.2) is 0 Å². The maximum Gasteiger partial charge on any atom is 0.257 e. The van der Waals surface area contributed by atoms with Gasteiger partial charge in [-0.15, -0.1) is 10.2 Å². The number of anilines is 1. The lowest BCUT2D eigenvalue weighted by atomic mass is 10.1. The fourth-order valence-corrected chi connectivity index (χ4v) is 2.92. The predicted molar refractivity (Wildman–Crippen MR) is 75.8 cm³/mol. The Morgan fingerprint density at radius 1 is 1.32 bits per heavy atom. The number of rotatable bonds is 3. The van der Waals surface area contributed by atoms with E-state index >= 15 is 0 Å². The number of hydrogen-bond donors (Lipinski definition) is 1. The van der Waals surface area contributed by atoms with Crippen molar-refractivity contribution in [2.45, 2.75) is 32.6 Å². The first kappa shape index (κ1) is 12.3. The molecule has 0 saturated heterocycles. The van der Waals surface area contributed by atoms with Crippen molar-refractivity contribution in [3.8, 4) is 0 Å². The van der Waals surface area contributed by atoms with Crippen LogP contribution in [0.25, 0.3) is 0 Å². The molecule has 1 aromatic heterocycles. The Labute approximate surface area is 115 Å². The average molecular weight is 273 g/mol. The van der Waals surface area contributed by atoms with E-state index in [-0.39, 0.29) is 5.91 Å². The molecule has 1 fully saturated rings. The number of benzene rings is 1. The Kier molecular flexibility index (Phi) is 3.06. The van der Waals surface area contributed by atoms with Crippen LogP contribution in [0.5, 0.6) is 0 Å². The Morgan fingerprint density at radius 2 is 2.11 bits per heavy atom. The quantitative estimate of drug-likeness (QED) is 0.933. The minimum Gasteiger partial charge on any atom is -0.296 e. The van der Waals surface area contributed by atoms with Gasteiger partial charge in [0.25, 0.3) is 5.91 Å². The molecular weight excluding hydrogens is 258 g/mol.